The maximum absolute atomic E-state index is 13.7. The highest BCUT2D eigenvalue weighted by atomic mass is 32.2. The van der Waals surface area contributed by atoms with E-state index < -0.39 is 43.3 Å². The predicted octanol–water partition coefficient (Wildman–Crippen LogP) is 2.05. The van der Waals surface area contributed by atoms with Crippen molar-refractivity contribution >= 4 is 19.9 Å². The van der Waals surface area contributed by atoms with Crippen molar-refractivity contribution in [2.45, 2.75) is 17.5 Å². The normalized spacial score (nSPS) is 19.4. The molecule has 2 aromatic rings. The van der Waals surface area contributed by atoms with Gasteiger partial charge < -0.3 is 0 Å². The Morgan fingerprint density at radius 1 is 1.12 bits per heavy atom. The van der Waals surface area contributed by atoms with Gasteiger partial charge in [-0.2, -0.15) is 0 Å². The highest BCUT2D eigenvalue weighted by molar-refractivity contribution is 7.91. The van der Waals surface area contributed by atoms with Gasteiger partial charge in [-0.15, -0.1) is 0 Å². The Morgan fingerprint density at radius 3 is 2.56 bits per heavy atom. The lowest BCUT2D eigenvalue weighted by atomic mass is 10.0. The molecule has 1 heterocycles. The minimum absolute atomic E-state index is 0.145. The number of nitrogens with one attached hydrogen (secondary N) is 1. The van der Waals surface area contributed by atoms with Crippen LogP contribution in [0.3, 0.4) is 0 Å². The molecule has 0 aromatic heterocycles. The first kappa shape index (κ1) is 18.0. The van der Waals surface area contributed by atoms with Crippen molar-refractivity contribution in [3.8, 4) is 0 Å². The molecule has 0 bridgehead atoms. The van der Waals surface area contributed by atoms with Crippen LogP contribution in [0, 0.1) is 11.6 Å². The number of rotatable bonds is 4. The number of fused-ring (bicyclic) bond motifs is 1. The Labute approximate surface area is 144 Å². The van der Waals surface area contributed by atoms with Crippen LogP contribution in [0.5, 0.6) is 0 Å². The summed E-state index contributed by atoms with van der Waals surface area (Å²) in [5.74, 6) is -3.00. The number of sulfonamides is 1. The molecule has 5 nitrogen and oxygen atoms in total. The van der Waals surface area contributed by atoms with E-state index in [9.17, 15) is 25.6 Å². The second kappa shape index (κ2) is 6.47. The molecule has 0 spiro atoms. The summed E-state index contributed by atoms with van der Waals surface area (Å²) in [5, 5.41) is 0. The molecule has 1 aliphatic heterocycles. The van der Waals surface area contributed by atoms with Gasteiger partial charge in [0.2, 0.25) is 10.0 Å². The zero-order chi connectivity index (χ0) is 18.2. The zero-order valence-corrected chi connectivity index (χ0v) is 14.6. The Balaban J connectivity index is 1.88. The van der Waals surface area contributed by atoms with Crippen molar-refractivity contribution in [1.82, 2.24) is 4.72 Å². The third-order valence-electron chi connectivity index (χ3n) is 3.91. The molecule has 0 aliphatic carbocycles. The molecule has 25 heavy (non-hydrogen) atoms. The van der Waals surface area contributed by atoms with E-state index in [1.165, 1.54) is 0 Å². The quantitative estimate of drug-likeness (QED) is 0.871. The van der Waals surface area contributed by atoms with Crippen LogP contribution in [-0.2, 0) is 31.4 Å². The van der Waals surface area contributed by atoms with Crippen molar-refractivity contribution in [3.05, 3.63) is 70.8 Å². The van der Waals surface area contributed by atoms with Crippen molar-refractivity contribution < 1.29 is 25.6 Å². The molecular weight excluding hydrogens is 372 g/mol. The molecule has 0 amide bonds. The predicted molar refractivity (Wildman–Crippen MR) is 88.8 cm³/mol. The van der Waals surface area contributed by atoms with Crippen LogP contribution in [0.4, 0.5) is 8.78 Å². The first-order valence-electron chi connectivity index (χ1n) is 7.37. The van der Waals surface area contributed by atoms with Gasteiger partial charge in [0.05, 0.1) is 23.3 Å². The lowest BCUT2D eigenvalue weighted by Gasteiger charge is -2.26. The minimum Gasteiger partial charge on any atom is -0.228 e. The third-order valence-corrected chi connectivity index (χ3v) is 6.84. The van der Waals surface area contributed by atoms with E-state index in [1.54, 1.807) is 24.3 Å². The summed E-state index contributed by atoms with van der Waals surface area (Å²) in [6.45, 7) is 0. The lowest BCUT2D eigenvalue weighted by molar-refractivity contribution is 0.547. The van der Waals surface area contributed by atoms with Crippen molar-refractivity contribution in [1.29, 1.82) is 0 Å². The van der Waals surface area contributed by atoms with Crippen molar-refractivity contribution in [2.75, 3.05) is 5.75 Å². The molecule has 9 heteroatoms. The van der Waals surface area contributed by atoms with Gasteiger partial charge in [0.1, 0.15) is 11.6 Å². The van der Waals surface area contributed by atoms with Gasteiger partial charge in [-0.05, 0) is 17.2 Å². The molecule has 0 saturated heterocycles. The molecule has 0 saturated carbocycles. The number of halogens is 2. The largest absolute Gasteiger partial charge is 0.228 e. The first-order valence-corrected chi connectivity index (χ1v) is 10.8. The summed E-state index contributed by atoms with van der Waals surface area (Å²) in [7, 11) is -7.49. The number of benzene rings is 2. The van der Waals surface area contributed by atoms with Crippen molar-refractivity contribution in [3.63, 3.8) is 0 Å². The van der Waals surface area contributed by atoms with E-state index in [-0.39, 0.29) is 17.1 Å². The number of sulfone groups is 1. The number of hydrogen-bond acceptors (Lipinski definition) is 4. The van der Waals surface area contributed by atoms with E-state index in [4.69, 9.17) is 0 Å². The summed E-state index contributed by atoms with van der Waals surface area (Å²) in [4.78, 5) is 0. The summed E-state index contributed by atoms with van der Waals surface area (Å²) in [6, 6.07) is 8.34. The second-order valence-electron chi connectivity index (χ2n) is 5.92. The summed E-state index contributed by atoms with van der Waals surface area (Å²) in [6.07, 6.45) is 0. The minimum atomic E-state index is -4.04. The molecule has 1 N–H and O–H groups in total. The molecule has 0 radical (unpaired) electrons. The first-order chi connectivity index (χ1) is 11.7. The average molecular weight is 387 g/mol. The van der Waals surface area contributed by atoms with E-state index in [0.29, 0.717) is 17.2 Å². The smallest absolute Gasteiger partial charge is 0.216 e. The van der Waals surface area contributed by atoms with E-state index in [2.05, 4.69) is 4.72 Å². The third kappa shape index (κ3) is 4.23. The van der Waals surface area contributed by atoms with Crippen LogP contribution < -0.4 is 4.72 Å². The summed E-state index contributed by atoms with van der Waals surface area (Å²) >= 11 is 0. The van der Waals surface area contributed by atoms with E-state index >= 15 is 0 Å². The molecule has 1 unspecified atom stereocenters. The van der Waals surface area contributed by atoms with Gasteiger partial charge in [-0.1, -0.05) is 30.3 Å². The highest BCUT2D eigenvalue weighted by Gasteiger charge is 2.32. The molecule has 1 aliphatic rings. The Kier molecular flexibility index (Phi) is 4.65. The SMILES string of the molecule is O=S1(=O)Cc2ccccc2C(NS(=O)(=O)Cc2ccc(F)cc2F)C1. The number of hydrogen-bond donors (Lipinski definition) is 1. The summed E-state index contributed by atoms with van der Waals surface area (Å²) in [5.41, 5.74) is 0.927. The van der Waals surface area contributed by atoms with Crippen LogP contribution in [0.15, 0.2) is 42.5 Å². The van der Waals surface area contributed by atoms with Gasteiger partial charge in [0.15, 0.2) is 9.84 Å². The van der Waals surface area contributed by atoms with E-state index in [1.807, 2.05) is 0 Å². The molecule has 3 rings (SSSR count). The average Bonchev–Trinajstić information content (AvgIpc) is 2.48. The van der Waals surface area contributed by atoms with Gasteiger partial charge in [-0.25, -0.2) is 30.3 Å². The highest BCUT2D eigenvalue weighted by Crippen LogP contribution is 2.29. The topological polar surface area (TPSA) is 80.3 Å². The van der Waals surface area contributed by atoms with E-state index in [0.717, 1.165) is 12.1 Å². The zero-order valence-electron chi connectivity index (χ0n) is 12.9. The maximum Gasteiger partial charge on any atom is 0.216 e. The fraction of sp³-hybridized carbons (Fsp3) is 0.250. The van der Waals surface area contributed by atoms with Gasteiger partial charge >= 0.3 is 0 Å². The molecular formula is C16H15F2NO4S2. The molecule has 0 fully saturated rings. The molecule has 1 atom stereocenters. The van der Waals surface area contributed by atoms with Gasteiger partial charge in [0.25, 0.3) is 0 Å². The Bertz CT molecular complexity index is 1020. The Morgan fingerprint density at radius 2 is 1.84 bits per heavy atom. The standard InChI is InChI=1S/C16H15F2NO4S2/c17-13-6-5-12(15(18)7-13)9-25(22,23)19-16-10-24(20,21)8-11-3-1-2-4-14(11)16/h1-7,16,19H,8-10H2. The van der Waals surface area contributed by atoms with Crippen LogP contribution >= 0.6 is 0 Å². The fourth-order valence-electron chi connectivity index (χ4n) is 2.84. The van der Waals surface area contributed by atoms with Gasteiger partial charge in [-0.3, -0.25) is 0 Å². The fourth-order valence-corrected chi connectivity index (χ4v) is 5.95. The van der Waals surface area contributed by atoms with Crippen LogP contribution in [0.1, 0.15) is 22.7 Å². The second-order valence-corrected chi connectivity index (χ2v) is 9.78. The van der Waals surface area contributed by atoms with Crippen molar-refractivity contribution in [2.24, 2.45) is 0 Å². The summed E-state index contributed by atoms with van der Waals surface area (Å²) < 4.78 is 77.7. The maximum atomic E-state index is 13.7. The molecule has 134 valence electrons. The van der Waals surface area contributed by atoms with Crippen LogP contribution in [0.25, 0.3) is 0 Å². The lowest BCUT2D eigenvalue weighted by Crippen LogP contribution is -2.37. The molecule has 2 aromatic carbocycles. The Hall–Kier alpha value is -1.84. The monoisotopic (exact) mass is 387 g/mol. The van der Waals surface area contributed by atoms with Crippen LogP contribution in [-0.4, -0.2) is 22.6 Å². The van der Waals surface area contributed by atoms with Gasteiger partial charge in [0, 0.05) is 11.6 Å². The van der Waals surface area contributed by atoms with Crippen LogP contribution in [0.2, 0.25) is 0 Å².